The summed E-state index contributed by atoms with van der Waals surface area (Å²) < 4.78 is 0.979. The lowest BCUT2D eigenvalue weighted by atomic mass is 9.98. The fourth-order valence-electron chi connectivity index (χ4n) is 2.69. The maximum Gasteiger partial charge on any atom is 0.179 e. The van der Waals surface area contributed by atoms with Gasteiger partial charge in [0.05, 0.1) is 11.6 Å². The molecule has 1 saturated heterocycles. The number of nitrogens with zero attached hydrogens (tertiary/aromatic N) is 1. The highest BCUT2D eigenvalue weighted by Crippen LogP contribution is 2.23. The van der Waals surface area contributed by atoms with Gasteiger partial charge in [-0.3, -0.25) is 9.69 Å². The van der Waals surface area contributed by atoms with Gasteiger partial charge in [0.1, 0.15) is 0 Å². The van der Waals surface area contributed by atoms with Crippen molar-refractivity contribution in [1.29, 1.82) is 0 Å². The topological polar surface area (TPSA) is 40.5 Å². The molecule has 1 aromatic carbocycles. The zero-order chi connectivity index (χ0) is 14.8. The van der Waals surface area contributed by atoms with E-state index in [0.29, 0.717) is 0 Å². The number of carbonyl (C=O) groups is 1. The van der Waals surface area contributed by atoms with Crippen LogP contribution in [0.1, 0.15) is 43.5 Å². The summed E-state index contributed by atoms with van der Waals surface area (Å²) in [4.78, 5) is 14.7. The van der Waals surface area contributed by atoms with Crippen LogP contribution in [0.15, 0.2) is 28.7 Å². The van der Waals surface area contributed by atoms with E-state index in [1.54, 1.807) is 0 Å². The van der Waals surface area contributed by atoms with Crippen molar-refractivity contribution < 1.29 is 9.90 Å². The van der Waals surface area contributed by atoms with Crippen molar-refractivity contribution in [2.75, 3.05) is 13.1 Å². The summed E-state index contributed by atoms with van der Waals surface area (Å²) >= 11 is 3.38. The summed E-state index contributed by atoms with van der Waals surface area (Å²) in [6.45, 7) is 5.50. The van der Waals surface area contributed by atoms with E-state index in [1.807, 2.05) is 38.1 Å². The highest BCUT2D eigenvalue weighted by atomic mass is 79.9. The molecular weight excluding hydrogens is 318 g/mol. The van der Waals surface area contributed by atoms with Crippen molar-refractivity contribution in [3.05, 3.63) is 34.3 Å². The van der Waals surface area contributed by atoms with E-state index in [0.717, 1.165) is 42.4 Å². The molecule has 0 amide bonds. The number of Topliss-reactive ketones (excluding diaryl/α,β-unsaturated/α-hetero) is 1. The predicted octanol–water partition coefficient (Wildman–Crippen LogP) is 3.26. The Labute approximate surface area is 129 Å². The Morgan fingerprint density at radius 3 is 2.60 bits per heavy atom. The van der Waals surface area contributed by atoms with Crippen LogP contribution in [0.25, 0.3) is 0 Å². The molecule has 0 aliphatic carbocycles. The molecule has 0 bridgehead atoms. The first-order valence-corrected chi connectivity index (χ1v) is 7.94. The number of likely N-dealkylation sites (tertiary alicyclic amines) is 1. The summed E-state index contributed by atoms with van der Waals surface area (Å²) in [5.74, 6) is 0.152. The third-order valence-corrected chi connectivity index (χ3v) is 4.68. The van der Waals surface area contributed by atoms with Gasteiger partial charge < -0.3 is 5.11 Å². The highest BCUT2D eigenvalue weighted by molar-refractivity contribution is 9.10. The number of aliphatic hydroxyl groups is 1. The molecule has 4 heteroatoms. The summed E-state index contributed by atoms with van der Waals surface area (Å²) in [7, 11) is 0. The molecule has 1 N–H and O–H groups in total. The number of carbonyl (C=O) groups excluding carboxylic acids is 1. The van der Waals surface area contributed by atoms with Crippen molar-refractivity contribution in [3.63, 3.8) is 0 Å². The predicted molar refractivity (Wildman–Crippen MR) is 84.0 cm³/mol. The van der Waals surface area contributed by atoms with Crippen molar-refractivity contribution in [2.45, 2.75) is 44.8 Å². The normalized spacial score (nSPS) is 26.0. The quantitative estimate of drug-likeness (QED) is 0.859. The van der Waals surface area contributed by atoms with Crippen molar-refractivity contribution in [2.24, 2.45) is 0 Å². The maximum atomic E-state index is 12.5. The molecular formula is C16H22BrNO2. The minimum absolute atomic E-state index is 0.134. The average molecular weight is 340 g/mol. The van der Waals surface area contributed by atoms with Gasteiger partial charge in [0.15, 0.2) is 5.78 Å². The minimum Gasteiger partial charge on any atom is -0.390 e. The van der Waals surface area contributed by atoms with Crippen LogP contribution in [-0.4, -0.2) is 40.5 Å². The summed E-state index contributed by atoms with van der Waals surface area (Å²) in [5.41, 5.74) is 0.159. The Hall–Kier alpha value is -0.710. The molecule has 2 unspecified atom stereocenters. The van der Waals surface area contributed by atoms with Crippen LogP contribution in [0.3, 0.4) is 0 Å². The third kappa shape index (κ3) is 3.90. The molecule has 1 heterocycles. The van der Waals surface area contributed by atoms with Crippen LogP contribution in [0.4, 0.5) is 0 Å². The van der Waals surface area contributed by atoms with Crippen LogP contribution >= 0.6 is 15.9 Å². The molecule has 0 radical (unpaired) electrons. The van der Waals surface area contributed by atoms with Crippen molar-refractivity contribution in [3.8, 4) is 0 Å². The van der Waals surface area contributed by atoms with E-state index in [2.05, 4.69) is 20.8 Å². The van der Waals surface area contributed by atoms with Crippen LogP contribution in [0, 0.1) is 0 Å². The standard InChI is InChI=1S/C16H22BrNO2/c1-12(15(19)13-4-6-14(17)7-5-13)18-10-3-8-16(2,20)9-11-18/h4-7,12,20H,3,8-11H2,1-2H3. The lowest BCUT2D eigenvalue weighted by Gasteiger charge is -2.27. The van der Waals surface area contributed by atoms with Gasteiger partial charge in [-0.15, -0.1) is 0 Å². The zero-order valence-corrected chi connectivity index (χ0v) is 13.7. The molecule has 2 rings (SSSR count). The van der Waals surface area contributed by atoms with Gasteiger partial charge in [0, 0.05) is 16.6 Å². The summed E-state index contributed by atoms with van der Waals surface area (Å²) in [5, 5.41) is 10.1. The molecule has 1 aliphatic rings. The fraction of sp³-hybridized carbons (Fsp3) is 0.562. The summed E-state index contributed by atoms with van der Waals surface area (Å²) in [6.07, 6.45) is 2.47. The first-order chi connectivity index (χ1) is 9.39. The molecule has 1 fully saturated rings. The van der Waals surface area contributed by atoms with Gasteiger partial charge >= 0.3 is 0 Å². The molecule has 3 nitrogen and oxygen atoms in total. The molecule has 20 heavy (non-hydrogen) atoms. The lowest BCUT2D eigenvalue weighted by molar-refractivity contribution is 0.0427. The lowest BCUT2D eigenvalue weighted by Crippen LogP contribution is -2.40. The molecule has 1 aliphatic heterocycles. The second-order valence-electron chi connectivity index (χ2n) is 5.93. The maximum absolute atomic E-state index is 12.5. The van der Waals surface area contributed by atoms with E-state index in [-0.39, 0.29) is 11.8 Å². The van der Waals surface area contributed by atoms with Crippen LogP contribution < -0.4 is 0 Å². The van der Waals surface area contributed by atoms with Crippen LogP contribution in [0.5, 0.6) is 0 Å². The smallest absolute Gasteiger partial charge is 0.179 e. The van der Waals surface area contributed by atoms with Gasteiger partial charge in [0.2, 0.25) is 0 Å². The SMILES string of the molecule is CC(C(=O)c1ccc(Br)cc1)N1CCCC(C)(O)CC1. The molecule has 0 aromatic heterocycles. The molecule has 0 saturated carbocycles. The van der Waals surface area contributed by atoms with E-state index in [9.17, 15) is 9.90 Å². The number of rotatable bonds is 3. The van der Waals surface area contributed by atoms with Gasteiger partial charge in [-0.1, -0.05) is 28.1 Å². The van der Waals surface area contributed by atoms with Gasteiger partial charge in [0.25, 0.3) is 0 Å². The second kappa shape index (κ2) is 6.37. The fourth-order valence-corrected chi connectivity index (χ4v) is 2.96. The summed E-state index contributed by atoms with van der Waals surface area (Å²) in [6, 6.07) is 7.37. The zero-order valence-electron chi connectivity index (χ0n) is 12.1. The molecule has 1 aromatic rings. The van der Waals surface area contributed by atoms with E-state index in [1.165, 1.54) is 0 Å². The Morgan fingerprint density at radius 1 is 1.30 bits per heavy atom. The van der Waals surface area contributed by atoms with E-state index < -0.39 is 5.60 Å². The number of ketones is 1. The average Bonchev–Trinajstić information content (AvgIpc) is 2.59. The number of benzene rings is 1. The van der Waals surface area contributed by atoms with Crippen LogP contribution in [-0.2, 0) is 0 Å². The van der Waals surface area contributed by atoms with Crippen LogP contribution in [0.2, 0.25) is 0 Å². The molecule has 0 spiro atoms. The number of hydrogen-bond donors (Lipinski definition) is 1. The molecule has 2 atom stereocenters. The Kier molecular flexibility index (Phi) is 4.99. The Balaban J connectivity index is 2.05. The van der Waals surface area contributed by atoms with E-state index in [4.69, 9.17) is 0 Å². The Morgan fingerprint density at radius 2 is 1.95 bits per heavy atom. The van der Waals surface area contributed by atoms with Gasteiger partial charge in [-0.2, -0.15) is 0 Å². The monoisotopic (exact) mass is 339 g/mol. The first-order valence-electron chi connectivity index (χ1n) is 7.15. The Bertz CT molecular complexity index is 470. The number of halogens is 1. The van der Waals surface area contributed by atoms with Crippen molar-refractivity contribution >= 4 is 21.7 Å². The van der Waals surface area contributed by atoms with Crippen molar-refractivity contribution in [1.82, 2.24) is 4.90 Å². The number of hydrogen-bond acceptors (Lipinski definition) is 3. The third-order valence-electron chi connectivity index (χ3n) is 4.15. The van der Waals surface area contributed by atoms with Gasteiger partial charge in [-0.05, 0) is 51.8 Å². The molecule has 110 valence electrons. The van der Waals surface area contributed by atoms with E-state index >= 15 is 0 Å². The van der Waals surface area contributed by atoms with Gasteiger partial charge in [-0.25, -0.2) is 0 Å². The minimum atomic E-state index is -0.588. The first kappa shape index (κ1) is 15.7. The largest absolute Gasteiger partial charge is 0.390 e. The highest BCUT2D eigenvalue weighted by Gasteiger charge is 2.29. The second-order valence-corrected chi connectivity index (χ2v) is 6.85.